The van der Waals surface area contributed by atoms with Gasteiger partial charge in [0, 0.05) is 20.8 Å². The van der Waals surface area contributed by atoms with Crippen LogP contribution in [0.25, 0.3) is 11.0 Å². The summed E-state index contributed by atoms with van der Waals surface area (Å²) in [5, 5.41) is 2.98. The summed E-state index contributed by atoms with van der Waals surface area (Å²) in [5.74, 6) is -1.50. The molecule has 0 saturated carbocycles. The summed E-state index contributed by atoms with van der Waals surface area (Å²) in [6.07, 6.45) is -4.03. The average Bonchev–Trinajstić information content (AvgIpc) is 3.23. The van der Waals surface area contributed by atoms with E-state index in [-0.39, 0.29) is 12.6 Å². The van der Waals surface area contributed by atoms with Gasteiger partial charge in [-0.15, -0.1) is 0 Å². The first-order chi connectivity index (χ1) is 15.2. The van der Waals surface area contributed by atoms with Gasteiger partial charge < -0.3 is 24.3 Å². The predicted octanol–water partition coefficient (Wildman–Crippen LogP) is 2.13. The van der Waals surface area contributed by atoms with Crippen LogP contribution in [0.2, 0.25) is 0 Å². The lowest BCUT2D eigenvalue weighted by Gasteiger charge is -2.25. The molecule has 1 fully saturated rings. The number of esters is 3. The Kier molecular flexibility index (Phi) is 7.29. The molecule has 32 heavy (non-hydrogen) atoms. The van der Waals surface area contributed by atoms with Crippen LogP contribution in [0.5, 0.6) is 0 Å². The molecule has 1 aliphatic rings. The third kappa shape index (κ3) is 5.16. The molecular weight excluding hydrogens is 425 g/mol. The van der Waals surface area contributed by atoms with Crippen molar-refractivity contribution >= 4 is 34.9 Å². The number of benzene rings is 1. The standard InChI is InChI=1S/C21H26FN3O7/c1-11(9-22)23-21-24-15-7-5-6-8-16(15)25(21)20-19(31-14(4)28)18(30-13(3)27)17(32-20)10-29-12(2)26/h5-8,11,17-20H,9-10H2,1-4H3,(H,23,24)/t11?,17-,18-,19-,20-/m0/s1. The number of halogens is 1. The summed E-state index contributed by atoms with van der Waals surface area (Å²) in [5.41, 5.74) is 1.22. The number of aromatic nitrogens is 2. The first-order valence-corrected chi connectivity index (χ1v) is 10.1. The molecule has 174 valence electrons. The Morgan fingerprint density at radius 2 is 1.78 bits per heavy atom. The lowest BCUT2D eigenvalue weighted by Crippen LogP contribution is -2.40. The maximum Gasteiger partial charge on any atom is 0.303 e. The topological polar surface area (TPSA) is 118 Å². The number of hydrogen-bond acceptors (Lipinski definition) is 9. The first-order valence-electron chi connectivity index (χ1n) is 10.1. The second-order valence-corrected chi connectivity index (χ2v) is 7.51. The Hall–Kier alpha value is -3.21. The largest absolute Gasteiger partial charge is 0.463 e. The molecule has 0 amide bonds. The van der Waals surface area contributed by atoms with Crippen molar-refractivity contribution in [1.82, 2.24) is 9.55 Å². The molecule has 5 atom stereocenters. The van der Waals surface area contributed by atoms with Crippen molar-refractivity contribution in [3.05, 3.63) is 24.3 Å². The van der Waals surface area contributed by atoms with Gasteiger partial charge in [-0.2, -0.15) is 0 Å². The van der Waals surface area contributed by atoms with Gasteiger partial charge in [0.2, 0.25) is 5.95 Å². The van der Waals surface area contributed by atoms with Crippen molar-refractivity contribution in [2.24, 2.45) is 0 Å². The van der Waals surface area contributed by atoms with Gasteiger partial charge in [-0.3, -0.25) is 19.0 Å². The molecule has 1 aromatic heterocycles. The van der Waals surface area contributed by atoms with E-state index in [2.05, 4.69) is 10.3 Å². The molecule has 10 nitrogen and oxygen atoms in total. The summed E-state index contributed by atoms with van der Waals surface area (Å²) in [6, 6.07) is 6.58. The number of para-hydroxylation sites is 2. The van der Waals surface area contributed by atoms with Gasteiger partial charge in [-0.1, -0.05) is 12.1 Å². The number of alkyl halides is 1. The highest BCUT2D eigenvalue weighted by Gasteiger charge is 2.51. The summed E-state index contributed by atoms with van der Waals surface area (Å²) in [6.45, 7) is 4.45. The number of nitrogens with one attached hydrogen (secondary N) is 1. The van der Waals surface area contributed by atoms with Crippen LogP contribution in [0.4, 0.5) is 10.3 Å². The van der Waals surface area contributed by atoms with Crippen LogP contribution in [-0.4, -0.2) is 65.1 Å². The maximum absolute atomic E-state index is 13.2. The van der Waals surface area contributed by atoms with Gasteiger partial charge in [0.1, 0.15) is 19.4 Å². The van der Waals surface area contributed by atoms with Crippen LogP contribution < -0.4 is 5.32 Å². The minimum Gasteiger partial charge on any atom is -0.463 e. The van der Waals surface area contributed by atoms with Gasteiger partial charge in [0.15, 0.2) is 18.4 Å². The number of anilines is 1. The number of imidazole rings is 1. The highest BCUT2D eigenvalue weighted by molar-refractivity contribution is 5.79. The molecule has 2 aromatic rings. The number of rotatable bonds is 8. The van der Waals surface area contributed by atoms with E-state index in [9.17, 15) is 18.8 Å². The van der Waals surface area contributed by atoms with Crippen LogP contribution in [0.15, 0.2) is 24.3 Å². The number of ether oxygens (including phenoxy) is 4. The van der Waals surface area contributed by atoms with Crippen molar-refractivity contribution in [3.8, 4) is 0 Å². The van der Waals surface area contributed by atoms with E-state index in [1.54, 1.807) is 35.8 Å². The fraction of sp³-hybridized carbons (Fsp3) is 0.524. The van der Waals surface area contributed by atoms with Gasteiger partial charge in [-0.05, 0) is 19.1 Å². The molecule has 11 heteroatoms. The van der Waals surface area contributed by atoms with Crippen LogP contribution >= 0.6 is 0 Å². The third-order valence-electron chi connectivity index (χ3n) is 4.80. The minimum atomic E-state index is -1.07. The lowest BCUT2D eigenvalue weighted by atomic mass is 10.1. The molecule has 1 aliphatic heterocycles. The van der Waals surface area contributed by atoms with E-state index in [0.717, 1.165) is 0 Å². The molecule has 0 aliphatic carbocycles. The number of carbonyl (C=O) groups is 3. The molecule has 2 heterocycles. The zero-order valence-electron chi connectivity index (χ0n) is 18.2. The highest BCUT2D eigenvalue weighted by atomic mass is 19.1. The lowest BCUT2D eigenvalue weighted by molar-refractivity contribution is -0.166. The molecule has 3 rings (SSSR count). The second-order valence-electron chi connectivity index (χ2n) is 7.51. The highest BCUT2D eigenvalue weighted by Crippen LogP contribution is 2.38. The Labute approximate surface area is 184 Å². The smallest absolute Gasteiger partial charge is 0.303 e. The average molecular weight is 451 g/mol. The molecule has 1 N–H and O–H groups in total. The molecule has 0 bridgehead atoms. The van der Waals surface area contributed by atoms with Crippen molar-refractivity contribution in [3.63, 3.8) is 0 Å². The molecule has 1 saturated heterocycles. The Bertz CT molecular complexity index is 995. The monoisotopic (exact) mass is 451 g/mol. The Balaban J connectivity index is 2.09. The van der Waals surface area contributed by atoms with Crippen LogP contribution in [0.3, 0.4) is 0 Å². The van der Waals surface area contributed by atoms with Gasteiger partial charge in [0.25, 0.3) is 0 Å². The first kappa shape index (κ1) is 23.5. The molecule has 0 spiro atoms. The summed E-state index contributed by atoms with van der Waals surface area (Å²) in [7, 11) is 0. The van der Waals surface area contributed by atoms with Crippen LogP contribution in [0.1, 0.15) is 33.9 Å². The van der Waals surface area contributed by atoms with Crippen LogP contribution in [-0.2, 0) is 33.3 Å². The molecule has 0 radical (unpaired) electrons. The quantitative estimate of drug-likeness (QED) is 0.476. The van der Waals surface area contributed by atoms with Crippen molar-refractivity contribution < 1.29 is 37.7 Å². The zero-order valence-corrected chi connectivity index (χ0v) is 18.2. The summed E-state index contributed by atoms with van der Waals surface area (Å²) in [4.78, 5) is 39.5. The van der Waals surface area contributed by atoms with E-state index < -0.39 is 55.2 Å². The van der Waals surface area contributed by atoms with E-state index in [1.807, 2.05) is 0 Å². The summed E-state index contributed by atoms with van der Waals surface area (Å²) < 4.78 is 36.9. The summed E-state index contributed by atoms with van der Waals surface area (Å²) >= 11 is 0. The zero-order chi connectivity index (χ0) is 23.4. The van der Waals surface area contributed by atoms with Crippen molar-refractivity contribution in [2.45, 2.75) is 58.3 Å². The number of hydrogen-bond donors (Lipinski definition) is 1. The van der Waals surface area contributed by atoms with E-state index in [4.69, 9.17) is 18.9 Å². The number of nitrogens with zero attached hydrogens (tertiary/aromatic N) is 2. The SMILES string of the molecule is CC(=O)OC[C@@H]1O[C@H](n2c(NC(C)CF)nc3ccccc32)[C@@H](OC(C)=O)[C@H]1OC(C)=O. The van der Waals surface area contributed by atoms with Gasteiger partial charge >= 0.3 is 17.9 Å². The molecular formula is C21H26FN3O7. The maximum atomic E-state index is 13.2. The fourth-order valence-electron chi connectivity index (χ4n) is 3.56. The van der Waals surface area contributed by atoms with E-state index >= 15 is 0 Å². The third-order valence-corrected chi connectivity index (χ3v) is 4.80. The second kappa shape index (κ2) is 9.94. The Morgan fingerprint density at radius 1 is 1.12 bits per heavy atom. The van der Waals surface area contributed by atoms with Crippen LogP contribution in [0, 0.1) is 0 Å². The van der Waals surface area contributed by atoms with Gasteiger partial charge in [-0.25, -0.2) is 9.37 Å². The van der Waals surface area contributed by atoms with E-state index in [1.165, 1.54) is 20.8 Å². The van der Waals surface area contributed by atoms with E-state index in [0.29, 0.717) is 11.0 Å². The van der Waals surface area contributed by atoms with Gasteiger partial charge in [0.05, 0.1) is 17.1 Å². The normalized spacial score (nSPS) is 23.5. The number of fused-ring (bicyclic) bond motifs is 1. The fourth-order valence-corrected chi connectivity index (χ4v) is 3.56. The predicted molar refractivity (Wildman–Crippen MR) is 110 cm³/mol. The minimum absolute atomic E-state index is 0.224. The van der Waals surface area contributed by atoms with Crippen molar-refractivity contribution in [1.29, 1.82) is 0 Å². The molecule has 1 aromatic carbocycles. The Morgan fingerprint density at radius 3 is 2.41 bits per heavy atom. The number of carbonyl (C=O) groups excluding carboxylic acids is 3. The van der Waals surface area contributed by atoms with Crippen molar-refractivity contribution in [2.75, 3.05) is 18.6 Å². The molecule has 1 unspecified atom stereocenters.